The Balaban J connectivity index is 2.27. The molecule has 2 atom stereocenters. The normalized spacial score (nSPS) is 22.3. The second-order valence-corrected chi connectivity index (χ2v) is 7.73. The zero-order valence-electron chi connectivity index (χ0n) is 16.4. The highest BCUT2D eigenvalue weighted by atomic mass is 16.6. The van der Waals surface area contributed by atoms with E-state index in [1.807, 2.05) is 0 Å². The van der Waals surface area contributed by atoms with E-state index >= 15 is 0 Å². The van der Waals surface area contributed by atoms with Gasteiger partial charge in [-0.2, -0.15) is 0 Å². The second-order valence-electron chi connectivity index (χ2n) is 7.73. The molecule has 7 nitrogen and oxygen atoms in total. The van der Waals surface area contributed by atoms with Crippen LogP contribution in [0.1, 0.15) is 46.1 Å². The summed E-state index contributed by atoms with van der Waals surface area (Å²) in [6.07, 6.45) is 1.32. The number of aliphatic carboxylic acids is 1. The van der Waals surface area contributed by atoms with E-state index in [1.165, 1.54) is 0 Å². The maximum absolute atomic E-state index is 12.4. The van der Waals surface area contributed by atoms with E-state index in [2.05, 4.69) is 12.2 Å². The molecule has 1 amide bonds. The van der Waals surface area contributed by atoms with Crippen LogP contribution in [0.3, 0.4) is 0 Å². The van der Waals surface area contributed by atoms with Crippen LogP contribution in [0, 0.1) is 5.92 Å². The summed E-state index contributed by atoms with van der Waals surface area (Å²) in [5.74, 6) is -1.26. The predicted octanol–water partition coefficient (Wildman–Crippen LogP) is 3.32. The molecule has 0 spiro atoms. The van der Waals surface area contributed by atoms with Crippen molar-refractivity contribution in [3.8, 4) is 5.75 Å². The van der Waals surface area contributed by atoms with Crippen LogP contribution in [0.4, 0.5) is 4.79 Å². The lowest BCUT2D eigenvalue weighted by Gasteiger charge is -2.34. The number of benzene rings is 1. The number of ether oxygens (including phenoxy) is 3. The fourth-order valence-corrected chi connectivity index (χ4v) is 3.01. The van der Waals surface area contributed by atoms with Crippen LogP contribution in [0.2, 0.25) is 0 Å². The Labute approximate surface area is 160 Å². The molecule has 2 rings (SSSR count). The smallest absolute Gasteiger partial charge is 0.408 e. The number of carbonyl (C=O) groups is 2. The van der Waals surface area contributed by atoms with Gasteiger partial charge in [0.25, 0.3) is 0 Å². The highest BCUT2D eigenvalue weighted by Crippen LogP contribution is 2.37. The summed E-state index contributed by atoms with van der Waals surface area (Å²) < 4.78 is 16.4. The Morgan fingerprint density at radius 2 is 1.96 bits per heavy atom. The molecule has 1 fully saturated rings. The van der Waals surface area contributed by atoms with Crippen molar-refractivity contribution in [1.82, 2.24) is 5.32 Å². The first kappa shape index (κ1) is 21.0. The van der Waals surface area contributed by atoms with Crippen molar-refractivity contribution in [2.45, 2.75) is 51.7 Å². The molecule has 1 aliphatic heterocycles. The quantitative estimate of drug-likeness (QED) is 0.706. The van der Waals surface area contributed by atoms with Gasteiger partial charge in [0, 0.05) is 0 Å². The minimum atomic E-state index is -1.20. The van der Waals surface area contributed by atoms with E-state index < -0.39 is 29.1 Å². The van der Waals surface area contributed by atoms with Crippen LogP contribution in [0.15, 0.2) is 24.3 Å². The van der Waals surface area contributed by atoms with Crippen molar-refractivity contribution in [3.63, 3.8) is 0 Å². The number of carboxylic acids is 1. The molecule has 0 aromatic heterocycles. The first-order chi connectivity index (χ1) is 12.7. The number of carboxylic acid groups (broad SMARTS) is 1. The molecule has 1 aromatic rings. The summed E-state index contributed by atoms with van der Waals surface area (Å²) in [6, 6.07) is 7.09. The number of hydrogen-bond donors (Lipinski definition) is 2. The standard InChI is InChI=1S/C20H29NO6/c1-5-6-11-26-15-9-7-14(8-10-15)20(13-25-12-16(20)17(22)23)21-18(24)27-19(2,3)4/h7-10,16H,5-6,11-13H2,1-4H3,(H,21,24)(H,22,23)/t16?,20-/m1/s1. The van der Waals surface area contributed by atoms with E-state index in [1.54, 1.807) is 45.0 Å². The van der Waals surface area contributed by atoms with Crippen LogP contribution >= 0.6 is 0 Å². The van der Waals surface area contributed by atoms with Gasteiger partial charge in [-0.25, -0.2) is 4.79 Å². The van der Waals surface area contributed by atoms with Crippen molar-refractivity contribution in [3.05, 3.63) is 29.8 Å². The Hall–Kier alpha value is -2.28. The zero-order chi connectivity index (χ0) is 20.1. The van der Waals surface area contributed by atoms with Crippen molar-refractivity contribution >= 4 is 12.1 Å². The highest BCUT2D eigenvalue weighted by molar-refractivity contribution is 5.76. The summed E-state index contributed by atoms with van der Waals surface area (Å²) in [5.41, 5.74) is -1.25. The molecule has 1 heterocycles. The van der Waals surface area contributed by atoms with Gasteiger partial charge in [0.1, 0.15) is 22.8 Å². The molecule has 1 saturated heterocycles. The molecule has 1 aromatic carbocycles. The molecule has 0 bridgehead atoms. The third-order valence-corrected chi connectivity index (χ3v) is 4.37. The van der Waals surface area contributed by atoms with Crippen molar-refractivity contribution in [2.75, 3.05) is 19.8 Å². The monoisotopic (exact) mass is 379 g/mol. The van der Waals surface area contributed by atoms with Gasteiger partial charge in [-0.3, -0.25) is 4.79 Å². The van der Waals surface area contributed by atoms with Crippen LogP contribution in [-0.2, 0) is 19.8 Å². The Kier molecular flexibility index (Phi) is 6.70. The maximum Gasteiger partial charge on any atom is 0.408 e. The Bertz CT molecular complexity index is 651. The molecular formula is C20H29NO6. The fraction of sp³-hybridized carbons (Fsp3) is 0.600. The van der Waals surface area contributed by atoms with Crippen molar-refractivity contribution in [2.24, 2.45) is 5.92 Å². The lowest BCUT2D eigenvalue weighted by Crippen LogP contribution is -2.54. The first-order valence-corrected chi connectivity index (χ1v) is 9.23. The molecule has 150 valence electrons. The number of carbonyl (C=O) groups excluding carboxylic acids is 1. The van der Waals surface area contributed by atoms with Crippen LogP contribution in [-0.4, -0.2) is 42.6 Å². The van der Waals surface area contributed by atoms with Crippen molar-refractivity contribution < 1.29 is 28.9 Å². The van der Waals surface area contributed by atoms with Crippen LogP contribution in [0.25, 0.3) is 0 Å². The third kappa shape index (κ3) is 5.35. The van der Waals surface area contributed by atoms with Gasteiger partial charge in [-0.15, -0.1) is 0 Å². The van der Waals surface area contributed by atoms with Gasteiger partial charge >= 0.3 is 12.1 Å². The second kappa shape index (κ2) is 8.61. The van der Waals surface area contributed by atoms with E-state index in [4.69, 9.17) is 14.2 Å². The summed E-state index contributed by atoms with van der Waals surface area (Å²) in [5, 5.41) is 12.4. The predicted molar refractivity (Wildman–Crippen MR) is 99.8 cm³/mol. The minimum Gasteiger partial charge on any atom is -0.494 e. The number of alkyl carbamates (subject to hydrolysis) is 1. The lowest BCUT2D eigenvalue weighted by atomic mass is 9.80. The van der Waals surface area contributed by atoms with Gasteiger partial charge < -0.3 is 24.6 Å². The zero-order valence-corrected chi connectivity index (χ0v) is 16.4. The number of unbranched alkanes of at least 4 members (excludes halogenated alkanes) is 1. The van der Waals surface area contributed by atoms with Crippen LogP contribution < -0.4 is 10.1 Å². The first-order valence-electron chi connectivity index (χ1n) is 9.23. The van der Waals surface area contributed by atoms with E-state index in [9.17, 15) is 14.7 Å². The highest BCUT2D eigenvalue weighted by Gasteiger charge is 2.51. The van der Waals surface area contributed by atoms with Crippen LogP contribution in [0.5, 0.6) is 5.75 Å². The van der Waals surface area contributed by atoms with Gasteiger partial charge in [0.15, 0.2) is 0 Å². The lowest BCUT2D eigenvalue weighted by molar-refractivity contribution is -0.143. The summed E-state index contributed by atoms with van der Waals surface area (Å²) in [6.45, 7) is 8.03. The number of nitrogens with one attached hydrogen (secondary N) is 1. The molecule has 27 heavy (non-hydrogen) atoms. The number of hydrogen-bond acceptors (Lipinski definition) is 5. The Morgan fingerprint density at radius 3 is 2.52 bits per heavy atom. The SMILES string of the molecule is CCCCOc1ccc([C@]2(NC(=O)OC(C)(C)C)COCC2C(=O)O)cc1. The number of amides is 1. The molecule has 2 N–H and O–H groups in total. The van der Waals surface area contributed by atoms with E-state index in [0.717, 1.165) is 12.8 Å². The van der Waals surface area contributed by atoms with E-state index in [0.29, 0.717) is 17.9 Å². The molecule has 1 unspecified atom stereocenters. The largest absolute Gasteiger partial charge is 0.494 e. The molecule has 7 heteroatoms. The minimum absolute atomic E-state index is 0.0138. The van der Waals surface area contributed by atoms with Gasteiger partial charge in [-0.05, 0) is 44.9 Å². The average Bonchev–Trinajstić information content (AvgIpc) is 2.98. The summed E-state index contributed by atoms with van der Waals surface area (Å²) in [7, 11) is 0. The third-order valence-electron chi connectivity index (χ3n) is 4.37. The van der Waals surface area contributed by atoms with Gasteiger partial charge in [-0.1, -0.05) is 25.5 Å². The topological polar surface area (TPSA) is 94.1 Å². The van der Waals surface area contributed by atoms with Crippen molar-refractivity contribution in [1.29, 1.82) is 0 Å². The molecular weight excluding hydrogens is 350 g/mol. The molecule has 0 radical (unpaired) electrons. The van der Waals surface area contributed by atoms with Gasteiger partial charge in [0.05, 0.1) is 19.8 Å². The molecule has 0 saturated carbocycles. The number of rotatable bonds is 7. The molecule has 0 aliphatic carbocycles. The summed E-state index contributed by atoms with van der Waals surface area (Å²) in [4.78, 5) is 24.2. The molecule has 1 aliphatic rings. The fourth-order valence-electron chi connectivity index (χ4n) is 3.01. The maximum atomic E-state index is 12.4. The summed E-state index contributed by atoms with van der Waals surface area (Å²) >= 11 is 0. The Morgan fingerprint density at radius 1 is 1.30 bits per heavy atom. The van der Waals surface area contributed by atoms with E-state index in [-0.39, 0.29) is 13.2 Å². The van der Waals surface area contributed by atoms with Gasteiger partial charge in [0.2, 0.25) is 0 Å². The average molecular weight is 379 g/mol.